The van der Waals surface area contributed by atoms with Crippen molar-refractivity contribution in [3.05, 3.63) is 76.8 Å². The Morgan fingerprint density at radius 3 is 2.91 bits per heavy atom. The van der Waals surface area contributed by atoms with Crippen LogP contribution in [0.15, 0.2) is 54.9 Å². The van der Waals surface area contributed by atoms with Crippen LogP contribution in [0, 0.1) is 0 Å². The van der Waals surface area contributed by atoms with Gasteiger partial charge in [-0.05, 0) is 35.9 Å². The van der Waals surface area contributed by atoms with Gasteiger partial charge in [0, 0.05) is 23.3 Å². The van der Waals surface area contributed by atoms with Crippen LogP contribution in [0.4, 0.5) is 5.69 Å². The molecule has 0 aliphatic carbocycles. The largest absolute Gasteiger partial charge is 0.319 e. The summed E-state index contributed by atoms with van der Waals surface area (Å²) in [7, 11) is 0. The fourth-order valence-corrected chi connectivity index (χ4v) is 2.28. The molecule has 0 saturated heterocycles. The van der Waals surface area contributed by atoms with Crippen LogP contribution in [0.25, 0.3) is 0 Å². The zero-order valence-electron chi connectivity index (χ0n) is 11.6. The normalized spacial score (nSPS) is 10.4. The van der Waals surface area contributed by atoms with Gasteiger partial charge in [-0.15, -0.1) is 0 Å². The third-order valence-electron chi connectivity index (χ3n) is 3.07. The topological polar surface area (TPSA) is 70.7 Å². The van der Waals surface area contributed by atoms with Crippen molar-refractivity contribution in [2.75, 3.05) is 5.32 Å². The van der Waals surface area contributed by atoms with Gasteiger partial charge in [-0.3, -0.25) is 14.9 Å². The van der Waals surface area contributed by atoms with Gasteiger partial charge < -0.3 is 5.32 Å². The van der Waals surface area contributed by atoms with Crippen LogP contribution in [-0.4, -0.2) is 21.1 Å². The average molecular weight is 313 g/mol. The monoisotopic (exact) mass is 312 g/mol. The number of benzene rings is 1. The lowest BCUT2D eigenvalue weighted by atomic mass is 10.1. The highest BCUT2D eigenvalue weighted by Gasteiger charge is 2.11. The highest BCUT2D eigenvalue weighted by molar-refractivity contribution is 6.30. The fraction of sp³-hybridized carbons (Fsp3) is 0.0625. The summed E-state index contributed by atoms with van der Waals surface area (Å²) in [5.41, 5.74) is 2.86. The van der Waals surface area contributed by atoms with E-state index in [9.17, 15) is 4.79 Å². The number of halogens is 1. The van der Waals surface area contributed by atoms with Crippen molar-refractivity contribution >= 4 is 23.2 Å². The van der Waals surface area contributed by atoms with Crippen LogP contribution in [0.3, 0.4) is 0 Å². The number of aromatic amines is 1. The van der Waals surface area contributed by atoms with Crippen LogP contribution >= 0.6 is 11.6 Å². The van der Waals surface area contributed by atoms with Gasteiger partial charge in [-0.1, -0.05) is 23.7 Å². The lowest BCUT2D eigenvalue weighted by Gasteiger charge is -2.01. The summed E-state index contributed by atoms with van der Waals surface area (Å²) in [6, 6.07) is 12.8. The number of rotatable bonds is 4. The molecular weight excluding hydrogens is 300 g/mol. The second kappa shape index (κ2) is 6.41. The van der Waals surface area contributed by atoms with Crippen LogP contribution in [0.1, 0.15) is 21.7 Å². The van der Waals surface area contributed by atoms with Crippen molar-refractivity contribution in [3.8, 4) is 0 Å². The summed E-state index contributed by atoms with van der Waals surface area (Å²) >= 11 is 5.96. The van der Waals surface area contributed by atoms with E-state index in [1.54, 1.807) is 30.6 Å². The van der Waals surface area contributed by atoms with Crippen LogP contribution in [0.2, 0.25) is 5.02 Å². The first-order valence-corrected chi connectivity index (χ1v) is 7.08. The van der Waals surface area contributed by atoms with Crippen LogP contribution in [0.5, 0.6) is 0 Å². The molecule has 0 saturated carbocycles. The molecule has 22 heavy (non-hydrogen) atoms. The molecule has 0 unspecified atom stereocenters. The lowest BCUT2D eigenvalue weighted by molar-refractivity contribution is 0.102. The van der Waals surface area contributed by atoms with Crippen molar-refractivity contribution in [3.63, 3.8) is 0 Å². The van der Waals surface area contributed by atoms with E-state index in [0.717, 1.165) is 11.3 Å². The molecule has 0 spiro atoms. The Morgan fingerprint density at radius 2 is 2.14 bits per heavy atom. The minimum absolute atomic E-state index is 0.276. The molecule has 5 nitrogen and oxygen atoms in total. The van der Waals surface area contributed by atoms with E-state index in [1.165, 1.54) is 0 Å². The molecule has 2 aromatic heterocycles. The van der Waals surface area contributed by atoms with Crippen molar-refractivity contribution in [1.29, 1.82) is 0 Å². The molecule has 3 aromatic rings. The lowest BCUT2D eigenvalue weighted by Crippen LogP contribution is -2.12. The number of carbonyl (C=O) groups excluding carboxylic acids is 1. The summed E-state index contributed by atoms with van der Waals surface area (Å²) < 4.78 is 0. The molecule has 0 aliphatic heterocycles. The Labute approximate surface area is 132 Å². The predicted molar refractivity (Wildman–Crippen MR) is 85.0 cm³/mol. The summed E-state index contributed by atoms with van der Waals surface area (Å²) in [6.07, 6.45) is 3.86. The molecule has 0 bridgehead atoms. The highest BCUT2D eigenvalue weighted by atomic mass is 35.5. The van der Waals surface area contributed by atoms with E-state index in [-0.39, 0.29) is 5.91 Å². The third kappa shape index (κ3) is 3.51. The van der Waals surface area contributed by atoms with Gasteiger partial charge in [0.25, 0.3) is 5.91 Å². The predicted octanol–water partition coefficient (Wildman–Crippen LogP) is 3.30. The number of nitrogens with one attached hydrogen (secondary N) is 2. The maximum atomic E-state index is 12.1. The first kappa shape index (κ1) is 14.3. The summed E-state index contributed by atoms with van der Waals surface area (Å²) in [5.74, 6) is -0.276. The maximum Gasteiger partial charge on any atom is 0.276 e. The van der Waals surface area contributed by atoms with Gasteiger partial charge in [0.1, 0.15) is 0 Å². The van der Waals surface area contributed by atoms with Gasteiger partial charge in [-0.2, -0.15) is 5.10 Å². The molecule has 0 fully saturated rings. The van der Waals surface area contributed by atoms with E-state index >= 15 is 0 Å². The van der Waals surface area contributed by atoms with Gasteiger partial charge in [0.05, 0.1) is 11.9 Å². The maximum absolute atomic E-state index is 12.1. The average Bonchev–Trinajstić information content (AvgIpc) is 2.97. The number of aromatic nitrogens is 3. The number of nitrogens with zero attached hydrogens (tertiary/aromatic N) is 2. The van der Waals surface area contributed by atoms with Crippen molar-refractivity contribution < 1.29 is 4.79 Å². The molecular formula is C16H13ClN4O. The Morgan fingerprint density at radius 1 is 1.23 bits per heavy atom. The van der Waals surface area contributed by atoms with E-state index in [2.05, 4.69) is 20.5 Å². The molecule has 0 atom stereocenters. The summed E-state index contributed by atoms with van der Waals surface area (Å²) in [6.45, 7) is 0. The third-order valence-corrected chi connectivity index (χ3v) is 3.30. The summed E-state index contributed by atoms with van der Waals surface area (Å²) in [4.78, 5) is 16.0. The number of carbonyl (C=O) groups is 1. The Bertz CT molecular complexity index is 786. The summed E-state index contributed by atoms with van der Waals surface area (Å²) in [5, 5.41) is 10.3. The number of hydrogen-bond acceptors (Lipinski definition) is 3. The van der Waals surface area contributed by atoms with Gasteiger partial charge >= 0.3 is 0 Å². The number of hydrogen-bond donors (Lipinski definition) is 2. The second-order valence-corrected chi connectivity index (χ2v) is 5.22. The molecule has 6 heteroatoms. The van der Waals surface area contributed by atoms with Gasteiger partial charge in [-0.25, -0.2) is 0 Å². The molecule has 110 valence electrons. The zero-order valence-corrected chi connectivity index (χ0v) is 12.3. The molecule has 1 amide bonds. The first-order valence-electron chi connectivity index (χ1n) is 6.71. The zero-order chi connectivity index (χ0) is 15.4. The highest BCUT2D eigenvalue weighted by Crippen LogP contribution is 2.14. The van der Waals surface area contributed by atoms with Crippen molar-refractivity contribution in [1.82, 2.24) is 15.2 Å². The van der Waals surface area contributed by atoms with Gasteiger partial charge in [0.15, 0.2) is 5.69 Å². The van der Waals surface area contributed by atoms with E-state index in [4.69, 9.17) is 11.6 Å². The second-order valence-electron chi connectivity index (χ2n) is 4.78. The molecule has 3 rings (SSSR count). The van der Waals surface area contributed by atoms with E-state index in [0.29, 0.717) is 22.8 Å². The van der Waals surface area contributed by atoms with Crippen molar-refractivity contribution in [2.45, 2.75) is 6.42 Å². The number of H-pyrrole nitrogens is 1. The number of pyridine rings is 1. The number of anilines is 1. The Kier molecular flexibility index (Phi) is 4.16. The van der Waals surface area contributed by atoms with Crippen molar-refractivity contribution in [2.24, 2.45) is 0 Å². The molecule has 0 radical (unpaired) electrons. The quantitative estimate of drug-likeness (QED) is 0.776. The van der Waals surface area contributed by atoms with Gasteiger partial charge in [0.2, 0.25) is 0 Å². The molecule has 2 N–H and O–H groups in total. The standard InChI is InChI=1S/C16H13ClN4O/c17-12-4-1-3-11(7-12)8-14-9-15(21-20-14)16(22)19-13-5-2-6-18-10-13/h1-7,9-10H,8H2,(H,19,22)(H,20,21). The minimum Gasteiger partial charge on any atom is -0.319 e. The fourth-order valence-electron chi connectivity index (χ4n) is 2.07. The minimum atomic E-state index is -0.276. The SMILES string of the molecule is O=C(Nc1cccnc1)c1cc(Cc2cccc(Cl)c2)[nH]n1. The van der Waals surface area contributed by atoms with Crippen LogP contribution < -0.4 is 5.32 Å². The van der Waals surface area contributed by atoms with E-state index < -0.39 is 0 Å². The van der Waals surface area contributed by atoms with E-state index in [1.807, 2.05) is 24.3 Å². The Balaban J connectivity index is 1.69. The molecule has 0 aliphatic rings. The smallest absolute Gasteiger partial charge is 0.276 e. The molecule has 2 heterocycles. The first-order chi connectivity index (χ1) is 10.7. The number of amides is 1. The molecule has 1 aromatic carbocycles. The Hall–Kier alpha value is -2.66. The van der Waals surface area contributed by atoms with Crippen LogP contribution in [-0.2, 0) is 6.42 Å².